The van der Waals surface area contributed by atoms with E-state index in [1.807, 2.05) is 19.1 Å². The highest BCUT2D eigenvalue weighted by Gasteiger charge is 2.50. The van der Waals surface area contributed by atoms with Gasteiger partial charge < -0.3 is 9.64 Å². The zero-order valence-corrected chi connectivity index (χ0v) is 20.5. The first-order valence-corrected chi connectivity index (χ1v) is 12.4. The normalized spacial score (nSPS) is 26.3. The van der Waals surface area contributed by atoms with Crippen LogP contribution in [0.5, 0.6) is 5.75 Å². The standard InChI is InChI=1S/C27H27ClN2O5/c1-15-3-10-21-22(11-15)26(33)30(25(21)32)18-6-8-20(9-7-18)35-27(34)17-12-24(31)29(14-17)19-5-4-16(2)23(28)13-19/h4-9,13,15,17,21-22H,3,10-12,14H2,1-2H3/t15-,17-,21-,22+/m1/s1. The summed E-state index contributed by atoms with van der Waals surface area (Å²) in [5.74, 6) is -1.28. The molecule has 1 saturated carbocycles. The number of benzene rings is 2. The molecule has 2 heterocycles. The summed E-state index contributed by atoms with van der Waals surface area (Å²) in [6, 6.07) is 11.8. The second-order valence-corrected chi connectivity index (χ2v) is 10.3. The van der Waals surface area contributed by atoms with Gasteiger partial charge in [-0.3, -0.25) is 24.1 Å². The number of carbonyl (C=O) groups excluding carboxylic acids is 4. The Balaban J connectivity index is 1.24. The number of halogens is 1. The minimum atomic E-state index is -0.603. The summed E-state index contributed by atoms with van der Waals surface area (Å²) < 4.78 is 5.52. The minimum absolute atomic E-state index is 0.0559. The fourth-order valence-corrected chi connectivity index (χ4v) is 5.55. The summed E-state index contributed by atoms with van der Waals surface area (Å²) in [6.07, 6.45) is 2.50. The Hall–Kier alpha value is -3.19. The van der Waals surface area contributed by atoms with Gasteiger partial charge in [0.15, 0.2) is 0 Å². The second kappa shape index (κ2) is 9.11. The molecule has 35 heavy (non-hydrogen) atoms. The minimum Gasteiger partial charge on any atom is -0.426 e. The van der Waals surface area contributed by atoms with Gasteiger partial charge in [0.25, 0.3) is 0 Å². The molecule has 2 aromatic rings. The van der Waals surface area contributed by atoms with E-state index in [4.69, 9.17) is 16.3 Å². The summed E-state index contributed by atoms with van der Waals surface area (Å²) in [7, 11) is 0. The van der Waals surface area contributed by atoms with Gasteiger partial charge in [0.2, 0.25) is 17.7 Å². The molecule has 8 heteroatoms. The van der Waals surface area contributed by atoms with Crippen LogP contribution in [0.15, 0.2) is 42.5 Å². The number of ether oxygens (including phenoxy) is 1. The summed E-state index contributed by atoms with van der Waals surface area (Å²) in [6.45, 7) is 4.21. The van der Waals surface area contributed by atoms with Gasteiger partial charge in [-0.15, -0.1) is 0 Å². The van der Waals surface area contributed by atoms with Crippen molar-refractivity contribution in [1.82, 2.24) is 0 Å². The molecule has 3 fully saturated rings. The quantitative estimate of drug-likeness (QED) is 0.354. The van der Waals surface area contributed by atoms with Gasteiger partial charge in [-0.05, 0) is 74.1 Å². The smallest absolute Gasteiger partial charge is 0.316 e. The maximum Gasteiger partial charge on any atom is 0.316 e. The molecule has 5 rings (SSSR count). The van der Waals surface area contributed by atoms with Crippen molar-refractivity contribution in [2.45, 2.75) is 39.5 Å². The Kier molecular flexibility index (Phi) is 6.13. The summed E-state index contributed by atoms with van der Waals surface area (Å²) in [4.78, 5) is 53.9. The number of hydrogen-bond donors (Lipinski definition) is 0. The van der Waals surface area contributed by atoms with Crippen LogP contribution >= 0.6 is 11.6 Å². The molecular formula is C27H27ClN2O5. The molecule has 0 spiro atoms. The zero-order valence-electron chi connectivity index (χ0n) is 19.7. The van der Waals surface area contributed by atoms with Crippen molar-refractivity contribution in [2.24, 2.45) is 23.7 Å². The molecule has 7 nitrogen and oxygen atoms in total. The van der Waals surface area contributed by atoms with Crippen molar-refractivity contribution in [3.8, 4) is 5.75 Å². The molecule has 0 N–H and O–H groups in total. The van der Waals surface area contributed by atoms with Gasteiger partial charge in [-0.2, -0.15) is 0 Å². The zero-order chi connectivity index (χ0) is 24.9. The third-order valence-corrected chi connectivity index (χ3v) is 7.83. The van der Waals surface area contributed by atoms with Crippen LogP contribution in [-0.4, -0.2) is 30.2 Å². The topological polar surface area (TPSA) is 84.0 Å². The van der Waals surface area contributed by atoms with Crippen molar-refractivity contribution >= 4 is 46.7 Å². The van der Waals surface area contributed by atoms with Gasteiger partial charge in [0.1, 0.15) is 5.75 Å². The van der Waals surface area contributed by atoms with E-state index >= 15 is 0 Å². The Morgan fingerprint density at radius 3 is 2.37 bits per heavy atom. The summed E-state index contributed by atoms with van der Waals surface area (Å²) in [5.41, 5.74) is 2.05. The lowest BCUT2D eigenvalue weighted by atomic mass is 9.76. The first-order chi connectivity index (χ1) is 16.7. The number of fused-ring (bicyclic) bond motifs is 1. The number of hydrogen-bond acceptors (Lipinski definition) is 5. The van der Waals surface area contributed by atoms with Crippen LogP contribution in [0.3, 0.4) is 0 Å². The van der Waals surface area contributed by atoms with E-state index < -0.39 is 11.9 Å². The highest BCUT2D eigenvalue weighted by atomic mass is 35.5. The van der Waals surface area contributed by atoms with E-state index in [1.54, 1.807) is 35.2 Å². The third kappa shape index (κ3) is 4.33. The Labute approximate surface area is 209 Å². The van der Waals surface area contributed by atoms with Crippen LogP contribution in [0.2, 0.25) is 5.02 Å². The van der Waals surface area contributed by atoms with E-state index in [9.17, 15) is 19.2 Å². The van der Waals surface area contributed by atoms with Gasteiger partial charge >= 0.3 is 5.97 Å². The van der Waals surface area contributed by atoms with Gasteiger partial charge in [-0.1, -0.05) is 24.6 Å². The van der Waals surface area contributed by atoms with Crippen LogP contribution < -0.4 is 14.5 Å². The molecule has 0 unspecified atom stereocenters. The number of anilines is 2. The van der Waals surface area contributed by atoms with E-state index in [0.717, 1.165) is 24.8 Å². The van der Waals surface area contributed by atoms with Crippen molar-refractivity contribution in [3.63, 3.8) is 0 Å². The maximum atomic E-state index is 12.9. The molecule has 2 saturated heterocycles. The maximum absolute atomic E-state index is 12.9. The van der Waals surface area contributed by atoms with E-state index in [1.165, 1.54) is 4.90 Å². The van der Waals surface area contributed by atoms with Crippen molar-refractivity contribution < 1.29 is 23.9 Å². The molecule has 182 valence electrons. The molecule has 2 aliphatic heterocycles. The number of esters is 1. The molecule has 0 radical (unpaired) electrons. The molecule has 0 bridgehead atoms. The predicted octanol–water partition coefficient (Wildman–Crippen LogP) is 4.53. The van der Waals surface area contributed by atoms with Crippen LogP contribution in [0.4, 0.5) is 11.4 Å². The number of aryl methyl sites for hydroxylation is 1. The number of nitrogens with zero attached hydrogens (tertiary/aromatic N) is 2. The van der Waals surface area contributed by atoms with Crippen LogP contribution in [0.1, 0.15) is 38.2 Å². The first kappa shape index (κ1) is 23.5. The average molecular weight is 495 g/mol. The average Bonchev–Trinajstić information content (AvgIpc) is 3.34. The van der Waals surface area contributed by atoms with E-state index in [-0.39, 0.29) is 42.5 Å². The Morgan fingerprint density at radius 1 is 0.971 bits per heavy atom. The van der Waals surface area contributed by atoms with Crippen molar-refractivity contribution in [1.29, 1.82) is 0 Å². The van der Waals surface area contributed by atoms with Crippen molar-refractivity contribution in [2.75, 3.05) is 16.3 Å². The number of rotatable bonds is 4. The van der Waals surface area contributed by atoms with Crippen LogP contribution in [0, 0.1) is 30.6 Å². The van der Waals surface area contributed by atoms with E-state index in [2.05, 4.69) is 6.92 Å². The largest absolute Gasteiger partial charge is 0.426 e. The monoisotopic (exact) mass is 494 g/mol. The number of imide groups is 1. The summed E-state index contributed by atoms with van der Waals surface area (Å²) in [5, 5.41) is 0.560. The molecule has 0 aromatic heterocycles. The summed E-state index contributed by atoms with van der Waals surface area (Å²) >= 11 is 6.19. The molecular weight excluding hydrogens is 468 g/mol. The molecule has 4 atom stereocenters. The highest BCUT2D eigenvalue weighted by Crippen LogP contribution is 2.42. The molecule has 2 aromatic carbocycles. The number of amides is 3. The predicted molar refractivity (Wildman–Crippen MR) is 131 cm³/mol. The molecule has 1 aliphatic carbocycles. The van der Waals surface area contributed by atoms with Gasteiger partial charge in [-0.25, -0.2) is 0 Å². The van der Waals surface area contributed by atoms with Crippen LogP contribution in [-0.2, 0) is 19.2 Å². The second-order valence-electron chi connectivity index (χ2n) is 9.90. The SMILES string of the molecule is Cc1ccc(N2C[C@H](C(=O)Oc3ccc(N4C(=O)[C@H]5C[C@H](C)CC[C@H]5C4=O)cc3)CC2=O)cc1Cl. The lowest BCUT2D eigenvalue weighted by Gasteiger charge is -2.25. The fourth-order valence-electron chi connectivity index (χ4n) is 5.37. The number of carbonyl (C=O) groups is 4. The lowest BCUT2D eigenvalue weighted by Crippen LogP contribution is -2.30. The molecule has 3 aliphatic rings. The highest BCUT2D eigenvalue weighted by molar-refractivity contribution is 6.31. The van der Waals surface area contributed by atoms with Crippen LogP contribution in [0.25, 0.3) is 0 Å². The Morgan fingerprint density at radius 2 is 1.66 bits per heavy atom. The van der Waals surface area contributed by atoms with Gasteiger partial charge in [0, 0.05) is 23.7 Å². The Bertz CT molecular complexity index is 1210. The fraction of sp³-hybridized carbons (Fsp3) is 0.407. The first-order valence-electron chi connectivity index (χ1n) is 12.0. The third-order valence-electron chi connectivity index (χ3n) is 7.43. The van der Waals surface area contributed by atoms with Crippen molar-refractivity contribution in [3.05, 3.63) is 53.1 Å². The van der Waals surface area contributed by atoms with Gasteiger partial charge in [0.05, 0.1) is 23.4 Å². The lowest BCUT2D eigenvalue weighted by molar-refractivity contribution is -0.139. The molecule has 3 amide bonds. The van der Waals surface area contributed by atoms with E-state index in [0.29, 0.717) is 28.1 Å².